The van der Waals surface area contributed by atoms with Gasteiger partial charge in [-0.25, -0.2) is 0 Å². The van der Waals surface area contributed by atoms with Gasteiger partial charge in [-0.15, -0.1) is 0 Å². The quantitative estimate of drug-likeness (QED) is 0.501. The van der Waals surface area contributed by atoms with E-state index in [0.717, 1.165) is 17.0 Å². The van der Waals surface area contributed by atoms with Crippen molar-refractivity contribution in [3.8, 4) is 0 Å². The van der Waals surface area contributed by atoms with Crippen LogP contribution in [0.3, 0.4) is 0 Å². The van der Waals surface area contributed by atoms with E-state index in [1.165, 1.54) is 0 Å². The van der Waals surface area contributed by atoms with Crippen LogP contribution in [-0.4, -0.2) is 17.0 Å². The van der Waals surface area contributed by atoms with Crippen LogP contribution in [0.15, 0.2) is 0 Å². The third-order valence-electron chi connectivity index (χ3n) is 1.79. The van der Waals surface area contributed by atoms with E-state index >= 15 is 0 Å². The zero-order chi connectivity index (χ0) is 8.31. The second-order valence-electron chi connectivity index (χ2n) is 3.73. The van der Waals surface area contributed by atoms with Gasteiger partial charge >= 0.3 is 0 Å². The molecule has 0 radical (unpaired) electrons. The van der Waals surface area contributed by atoms with Crippen molar-refractivity contribution in [1.29, 1.82) is 0 Å². The van der Waals surface area contributed by atoms with Gasteiger partial charge < -0.3 is 0 Å². The summed E-state index contributed by atoms with van der Waals surface area (Å²) in [7, 11) is 0.262. The third kappa shape index (κ3) is 5.21. The summed E-state index contributed by atoms with van der Waals surface area (Å²) >= 11 is 0. The smallest absolute Gasteiger partial charge is 0 e. The molecule has 0 saturated heterocycles. The van der Waals surface area contributed by atoms with Crippen LogP contribution in [0.4, 0.5) is 0 Å². The van der Waals surface area contributed by atoms with Crippen molar-refractivity contribution >= 4 is 7.92 Å². The first-order chi connectivity index (χ1) is 4.46. The second-order valence-corrected chi connectivity index (χ2v) is 7.72. The molecule has 72 valence electrons. The molecule has 0 saturated carbocycles. The van der Waals surface area contributed by atoms with E-state index in [0.29, 0.717) is 0 Å². The van der Waals surface area contributed by atoms with Gasteiger partial charge in [0.15, 0.2) is 0 Å². The Balaban J connectivity index is 0. The second kappa shape index (κ2) is 6.44. The summed E-state index contributed by atoms with van der Waals surface area (Å²) in [5.74, 6) is 0. The number of rotatable bonds is 3. The molecule has 11 heavy (non-hydrogen) atoms. The van der Waals surface area contributed by atoms with Gasteiger partial charge in [0, 0.05) is 16.5 Å². The molecule has 0 aromatic heterocycles. The molecule has 0 aliphatic rings. The standard InChI is InChI=1S/C9H21P.Ni/c1-7(2)10(8(3)4)9(5)6;/h7-9H,1-6H3;. The molecule has 0 nitrogen and oxygen atoms in total. The summed E-state index contributed by atoms with van der Waals surface area (Å²) in [6.45, 7) is 14.1. The minimum Gasteiger partial charge on any atom is -0.0988 e. The summed E-state index contributed by atoms with van der Waals surface area (Å²) in [5.41, 5.74) is 2.69. The molecule has 0 bridgehead atoms. The van der Waals surface area contributed by atoms with E-state index in [-0.39, 0.29) is 24.4 Å². The molecular weight excluding hydrogens is 198 g/mol. The molecule has 0 rings (SSSR count). The molecule has 0 heterocycles. The van der Waals surface area contributed by atoms with Gasteiger partial charge in [0.25, 0.3) is 0 Å². The Morgan fingerprint density at radius 2 is 0.818 bits per heavy atom. The number of hydrogen-bond acceptors (Lipinski definition) is 0. The van der Waals surface area contributed by atoms with Crippen LogP contribution in [-0.2, 0) is 16.5 Å². The van der Waals surface area contributed by atoms with Crippen LogP contribution in [0.2, 0.25) is 0 Å². The van der Waals surface area contributed by atoms with Crippen LogP contribution in [0.1, 0.15) is 41.5 Å². The molecule has 0 unspecified atom stereocenters. The van der Waals surface area contributed by atoms with Crippen LogP contribution in [0.25, 0.3) is 0 Å². The minimum absolute atomic E-state index is 0. The molecule has 0 spiro atoms. The average Bonchev–Trinajstić information content (AvgIpc) is 1.59. The largest absolute Gasteiger partial charge is 0.0988 e. The van der Waals surface area contributed by atoms with Crippen molar-refractivity contribution in [2.75, 3.05) is 0 Å². The van der Waals surface area contributed by atoms with Gasteiger partial charge in [0.1, 0.15) is 0 Å². The minimum atomic E-state index is 0. The van der Waals surface area contributed by atoms with Crippen molar-refractivity contribution in [1.82, 2.24) is 0 Å². The van der Waals surface area contributed by atoms with Gasteiger partial charge in [-0.1, -0.05) is 49.5 Å². The Labute approximate surface area is 83.2 Å². The van der Waals surface area contributed by atoms with E-state index in [4.69, 9.17) is 0 Å². The average molecular weight is 219 g/mol. The van der Waals surface area contributed by atoms with E-state index in [9.17, 15) is 0 Å². The maximum absolute atomic E-state index is 2.35. The van der Waals surface area contributed by atoms with Crippen molar-refractivity contribution in [2.24, 2.45) is 0 Å². The Kier molecular flexibility index (Phi) is 8.46. The van der Waals surface area contributed by atoms with E-state index in [1.54, 1.807) is 0 Å². The van der Waals surface area contributed by atoms with Gasteiger partial charge in [-0.3, -0.25) is 0 Å². The summed E-state index contributed by atoms with van der Waals surface area (Å²) in [6.07, 6.45) is 0. The molecule has 0 N–H and O–H groups in total. The molecule has 0 fully saturated rings. The Morgan fingerprint density at radius 3 is 0.818 bits per heavy atom. The van der Waals surface area contributed by atoms with E-state index < -0.39 is 0 Å². The zero-order valence-electron chi connectivity index (χ0n) is 8.50. The van der Waals surface area contributed by atoms with Gasteiger partial charge in [-0.05, 0) is 17.0 Å². The molecule has 0 amide bonds. The number of hydrogen-bond donors (Lipinski definition) is 0. The van der Waals surface area contributed by atoms with Crippen LogP contribution < -0.4 is 0 Å². The maximum Gasteiger partial charge on any atom is 0 e. The Morgan fingerprint density at radius 1 is 0.636 bits per heavy atom. The maximum atomic E-state index is 2.35. The van der Waals surface area contributed by atoms with Crippen LogP contribution in [0, 0.1) is 0 Å². The fourth-order valence-electron chi connectivity index (χ4n) is 1.79. The zero-order valence-corrected chi connectivity index (χ0v) is 10.4. The Bertz CT molecular complexity index is 70.5. The first kappa shape index (κ1) is 14.4. The van der Waals surface area contributed by atoms with Crippen molar-refractivity contribution < 1.29 is 16.5 Å². The predicted octanol–water partition coefficient (Wildman–Crippen LogP) is 3.69. The van der Waals surface area contributed by atoms with Gasteiger partial charge in [0.05, 0.1) is 0 Å². The predicted molar refractivity (Wildman–Crippen MR) is 52.3 cm³/mol. The van der Waals surface area contributed by atoms with Crippen LogP contribution >= 0.6 is 7.92 Å². The fraction of sp³-hybridized carbons (Fsp3) is 1.00. The Hall–Kier alpha value is 0.924. The molecule has 0 aliphatic carbocycles. The van der Waals surface area contributed by atoms with E-state index in [1.807, 2.05) is 0 Å². The molecule has 0 aromatic rings. The molecule has 0 atom stereocenters. The van der Waals surface area contributed by atoms with Gasteiger partial charge in [-0.2, -0.15) is 0 Å². The van der Waals surface area contributed by atoms with Crippen LogP contribution in [0.5, 0.6) is 0 Å². The molecule has 2 heteroatoms. The topological polar surface area (TPSA) is 0 Å². The molecular formula is C9H21NiP. The first-order valence-electron chi connectivity index (χ1n) is 4.24. The van der Waals surface area contributed by atoms with Crippen molar-refractivity contribution in [2.45, 2.75) is 58.5 Å². The van der Waals surface area contributed by atoms with Crippen molar-refractivity contribution in [3.05, 3.63) is 0 Å². The monoisotopic (exact) mass is 218 g/mol. The first-order valence-corrected chi connectivity index (χ1v) is 5.79. The summed E-state index contributed by atoms with van der Waals surface area (Å²) in [5, 5.41) is 0. The summed E-state index contributed by atoms with van der Waals surface area (Å²) in [4.78, 5) is 0. The fourth-order valence-corrected chi connectivity index (χ4v) is 5.37. The summed E-state index contributed by atoms with van der Waals surface area (Å²) in [6, 6.07) is 0. The van der Waals surface area contributed by atoms with Crippen molar-refractivity contribution in [3.63, 3.8) is 0 Å². The SMILES string of the molecule is CC(C)P(C(C)C)C(C)C.[Ni]. The van der Waals surface area contributed by atoms with E-state index in [2.05, 4.69) is 41.5 Å². The third-order valence-corrected chi connectivity index (χ3v) is 5.37. The normalized spacial score (nSPS) is 11.5. The van der Waals surface area contributed by atoms with Gasteiger partial charge in [0.2, 0.25) is 0 Å². The summed E-state index contributed by atoms with van der Waals surface area (Å²) < 4.78 is 0. The molecule has 0 aromatic carbocycles. The molecule has 0 aliphatic heterocycles.